The maximum absolute atomic E-state index is 13.2. The zero-order chi connectivity index (χ0) is 24.3. The largest absolute Gasteiger partial charge is 0.336 e. The first kappa shape index (κ1) is 24.3. The number of hydrogen-bond acceptors (Lipinski definition) is 4. The molecule has 1 fully saturated rings. The van der Waals surface area contributed by atoms with Crippen LogP contribution < -0.4 is 4.31 Å². The maximum atomic E-state index is 13.2. The van der Waals surface area contributed by atoms with Crippen molar-refractivity contribution < 1.29 is 13.2 Å². The number of nitrogens with zero attached hydrogens (tertiary/aromatic N) is 3. The lowest BCUT2D eigenvalue weighted by molar-refractivity contribution is 0.0597. The molecule has 3 aromatic carbocycles. The highest BCUT2D eigenvalue weighted by molar-refractivity contribution is 7.92. The van der Waals surface area contributed by atoms with Gasteiger partial charge in [0.1, 0.15) is 0 Å². The van der Waals surface area contributed by atoms with Crippen molar-refractivity contribution in [3.8, 4) is 0 Å². The van der Waals surface area contributed by atoms with Crippen LogP contribution in [0.4, 0.5) is 5.69 Å². The van der Waals surface area contributed by atoms with Crippen LogP contribution in [0, 0.1) is 0 Å². The molecule has 8 heteroatoms. The summed E-state index contributed by atoms with van der Waals surface area (Å²) < 4.78 is 25.0. The van der Waals surface area contributed by atoms with E-state index in [0.29, 0.717) is 24.3 Å². The molecule has 0 radical (unpaired) electrons. The number of sulfonamides is 1. The third kappa shape index (κ3) is 5.27. The number of amides is 1. The summed E-state index contributed by atoms with van der Waals surface area (Å²) in [5.41, 5.74) is 3.16. The van der Waals surface area contributed by atoms with Crippen LogP contribution in [0.25, 0.3) is 0 Å². The second kappa shape index (κ2) is 10.2. The Hall–Kier alpha value is -2.87. The van der Waals surface area contributed by atoms with Crippen LogP contribution in [0.2, 0.25) is 5.02 Å². The number of halogens is 1. The van der Waals surface area contributed by atoms with E-state index in [-0.39, 0.29) is 17.0 Å². The molecule has 0 aromatic heterocycles. The van der Waals surface area contributed by atoms with E-state index in [0.717, 1.165) is 23.7 Å². The van der Waals surface area contributed by atoms with Gasteiger partial charge in [0.15, 0.2) is 0 Å². The van der Waals surface area contributed by atoms with Gasteiger partial charge >= 0.3 is 0 Å². The summed E-state index contributed by atoms with van der Waals surface area (Å²) in [6, 6.07) is 25.7. The highest BCUT2D eigenvalue weighted by atomic mass is 35.5. The summed E-state index contributed by atoms with van der Waals surface area (Å²) in [6.45, 7) is 2.61. The Bertz CT molecular complexity index is 1210. The van der Waals surface area contributed by atoms with E-state index in [9.17, 15) is 13.2 Å². The molecule has 1 aliphatic heterocycles. The lowest BCUT2D eigenvalue weighted by atomic mass is 9.96. The molecular formula is C26H28ClN3O3S. The molecule has 0 atom stereocenters. The smallest absolute Gasteiger partial charge is 0.254 e. The summed E-state index contributed by atoms with van der Waals surface area (Å²) in [7, 11) is -2.07. The predicted molar refractivity (Wildman–Crippen MR) is 137 cm³/mol. The number of piperazine rings is 1. The van der Waals surface area contributed by atoms with Crippen molar-refractivity contribution in [1.82, 2.24) is 9.80 Å². The van der Waals surface area contributed by atoms with Gasteiger partial charge in [0.05, 0.1) is 23.0 Å². The summed E-state index contributed by atoms with van der Waals surface area (Å²) in [4.78, 5) is 17.5. The Morgan fingerprint density at radius 1 is 0.882 bits per heavy atom. The van der Waals surface area contributed by atoms with Gasteiger partial charge in [-0.2, -0.15) is 0 Å². The number of anilines is 1. The molecular weight excluding hydrogens is 470 g/mol. The van der Waals surface area contributed by atoms with Gasteiger partial charge in [-0.05, 0) is 29.3 Å². The fraction of sp³-hybridized carbons (Fsp3) is 0.269. The first-order valence-corrected chi connectivity index (χ1v) is 13.3. The predicted octanol–water partition coefficient (Wildman–Crippen LogP) is 4.28. The van der Waals surface area contributed by atoms with Crippen molar-refractivity contribution in [2.45, 2.75) is 6.04 Å². The van der Waals surface area contributed by atoms with Crippen LogP contribution in [-0.2, 0) is 10.0 Å². The van der Waals surface area contributed by atoms with Crippen molar-refractivity contribution >= 4 is 33.2 Å². The Morgan fingerprint density at radius 3 is 1.91 bits per heavy atom. The highest BCUT2D eigenvalue weighted by Gasteiger charge is 2.29. The molecule has 0 spiro atoms. The Balaban J connectivity index is 1.52. The van der Waals surface area contributed by atoms with Crippen molar-refractivity contribution in [3.63, 3.8) is 0 Å². The lowest BCUT2D eigenvalue weighted by Crippen LogP contribution is -2.49. The van der Waals surface area contributed by atoms with Gasteiger partial charge in [-0.25, -0.2) is 8.42 Å². The molecule has 1 amide bonds. The molecule has 3 aromatic rings. The lowest BCUT2D eigenvalue weighted by Gasteiger charge is -2.40. The van der Waals surface area contributed by atoms with Gasteiger partial charge in [-0.1, -0.05) is 72.3 Å². The fourth-order valence-corrected chi connectivity index (χ4v) is 5.12. The normalized spacial score (nSPS) is 14.9. The molecule has 4 rings (SSSR count). The zero-order valence-electron chi connectivity index (χ0n) is 19.3. The van der Waals surface area contributed by atoms with Gasteiger partial charge in [0, 0.05) is 38.8 Å². The van der Waals surface area contributed by atoms with Crippen LogP contribution in [0.3, 0.4) is 0 Å². The van der Waals surface area contributed by atoms with Gasteiger partial charge in [-0.15, -0.1) is 0 Å². The third-order valence-electron chi connectivity index (χ3n) is 6.23. The van der Waals surface area contributed by atoms with Crippen LogP contribution in [-0.4, -0.2) is 63.6 Å². The maximum Gasteiger partial charge on any atom is 0.254 e. The molecule has 0 N–H and O–H groups in total. The van der Waals surface area contributed by atoms with E-state index >= 15 is 0 Å². The van der Waals surface area contributed by atoms with E-state index in [1.165, 1.54) is 18.2 Å². The van der Waals surface area contributed by atoms with Gasteiger partial charge < -0.3 is 4.90 Å². The van der Waals surface area contributed by atoms with Gasteiger partial charge in [-0.3, -0.25) is 14.0 Å². The molecule has 178 valence electrons. The average Bonchev–Trinajstić information content (AvgIpc) is 2.85. The Kier molecular flexibility index (Phi) is 7.26. The van der Waals surface area contributed by atoms with E-state index in [2.05, 4.69) is 53.4 Å². The standard InChI is InChI=1S/C26H28ClN3O3S/c1-28(34(2,32)33)24-19-22(13-14-23(24)27)26(31)30-17-15-29(16-18-30)25(20-9-5-3-6-10-20)21-11-7-4-8-12-21/h3-14,19,25H,15-18H2,1-2H3. The molecule has 0 aliphatic carbocycles. The van der Waals surface area contributed by atoms with E-state index in [1.807, 2.05) is 17.0 Å². The zero-order valence-corrected chi connectivity index (χ0v) is 20.8. The molecule has 1 saturated heterocycles. The van der Waals surface area contributed by atoms with Crippen molar-refractivity contribution in [2.75, 3.05) is 43.8 Å². The first-order valence-electron chi connectivity index (χ1n) is 11.1. The SMILES string of the molecule is CN(c1cc(C(=O)N2CCN(C(c3ccccc3)c3ccccc3)CC2)ccc1Cl)S(C)(=O)=O. The average molecular weight is 498 g/mol. The summed E-state index contributed by atoms with van der Waals surface area (Å²) >= 11 is 6.22. The minimum atomic E-state index is -3.50. The quantitative estimate of drug-likeness (QED) is 0.510. The van der Waals surface area contributed by atoms with E-state index in [1.54, 1.807) is 18.2 Å². The van der Waals surface area contributed by atoms with Gasteiger partial charge in [0.2, 0.25) is 10.0 Å². The fourth-order valence-electron chi connectivity index (χ4n) is 4.32. The summed E-state index contributed by atoms with van der Waals surface area (Å²) in [5, 5.41) is 0.280. The highest BCUT2D eigenvalue weighted by Crippen LogP contribution is 2.31. The van der Waals surface area contributed by atoms with Crippen LogP contribution in [0.15, 0.2) is 78.9 Å². The van der Waals surface area contributed by atoms with Gasteiger partial charge in [0.25, 0.3) is 5.91 Å². The number of rotatable bonds is 6. The number of benzene rings is 3. The molecule has 1 aliphatic rings. The topological polar surface area (TPSA) is 60.9 Å². The number of carbonyl (C=O) groups is 1. The second-order valence-electron chi connectivity index (χ2n) is 8.45. The van der Waals surface area contributed by atoms with Crippen LogP contribution >= 0.6 is 11.6 Å². The van der Waals surface area contributed by atoms with Crippen molar-refractivity contribution in [1.29, 1.82) is 0 Å². The number of carbonyl (C=O) groups excluding carboxylic acids is 1. The molecule has 0 saturated carbocycles. The van der Waals surface area contributed by atoms with E-state index < -0.39 is 10.0 Å². The van der Waals surface area contributed by atoms with Crippen LogP contribution in [0.1, 0.15) is 27.5 Å². The van der Waals surface area contributed by atoms with E-state index in [4.69, 9.17) is 11.6 Å². The molecule has 0 bridgehead atoms. The monoisotopic (exact) mass is 497 g/mol. The molecule has 34 heavy (non-hydrogen) atoms. The van der Waals surface area contributed by atoms with Crippen molar-refractivity contribution in [3.05, 3.63) is 101 Å². The van der Waals surface area contributed by atoms with Crippen molar-refractivity contribution in [2.24, 2.45) is 0 Å². The first-order chi connectivity index (χ1) is 16.3. The molecule has 1 heterocycles. The molecule has 0 unspecified atom stereocenters. The second-order valence-corrected chi connectivity index (χ2v) is 10.9. The Morgan fingerprint density at radius 2 is 1.41 bits per heavy atom. The number of hydrogen-bond donors (Lipinski definition) is 0. The summed E-state index contributed by atoms with van der Waals surface area (Å²) in [6.07, 6.45) is 1.10. The third-order valence-corrected chi connectivity index (χ3v) is 7.74. The Labute approximate surface area is 206 Å². The summed E-state index contributed by atoms with van der Waals surface area (Å²) in [5.74, 6) is -0.129. The minimum Gasteiger partial charge on any atom is -0.336 e. The minimum absolute atomic E-state index is 0.116. The molecule has 6 nitrogen and oxygen atoms in total. The van der Waals surface area contributed by atoms with Crippen LogP contribution in [0.5, 0.6) is 0 Å².